The molecule has 0 bridgehead atoms. The number of aromatic nitrogens is 1. The Balaban J connectivity index is 2.80. The number of hydrogen-bond donors (Lipinski definition) is 1. The quantitative estimate of drug-likeness (QED) is 0.853. The molecule has 2 atom stereocenters. The average Bonchev–Trinajstić information content (AvgIpc) is 2.36. The van der Waals surface area contributed by atoms with E-state index in [0.29, 0.717) is 12.0 Å². The molecule has 0 saturated heterocycles. The molecule has 17 heavy (non-hydrogen) atoms. The van der Waals surface area contributed by atoms with Crippen LogP contribution in [0.5, 0.6) is 0 Å². The van der Waals surface area contributed by atoms with Gasteiger partial charge in [0.05, 0.1) is 17.6 Å². The van der Waals surface area contributed by atoms with Crippen molar-refractivity contribution in [3.8, 4) is 0 Å². The minimum atomic E-state index is 0.0527. The molecule has 0 spiro atoms. The summed E-state index contributed by atoms with van der Waals surface area (Å²) in [4.78, 5) is 6.71. The lowest BCUT2D eigenvalue weighted by Crippen LogP contribution is -2.33. The van der Waals surface area contributed by atoms with E-state index in [1.807, 2.05) is 12.3 Å². The second-order valence-corrected chi connectivity index (χ2v) is 5.05. The van der Waals surface area contributed by atoms with E-state index < -0.39 is 0 Å². The lowest BCUT2D eigenvalue weighted by molar-refractivity contribution is 0.505. The standard InChI is InChI=1S/C14H25N3/c1-6-13(15)14-8-7-12(9-16-14)17(5)11(4)10(2)3/h7-11,13H,6,15H2,1-5H3/t11?,13-/m1/s1. The summed E-state index contributed by atoms with van der Waals surface area (Å²) in [6.45, 7) is 8.77. The molecule has 3 heteroatoms. The van der Waals surface area contributed by atoms with Crippen LogP contribution in [0.1, 0.15) is 45.9 Å². The molecular formula is C14H25N3. The van der Waals surface area contributed by atoms with Gasteiger partial charge in [-0.05, 0) is 31.4 Å². The van der Waals surface area contributed by atoms with Gasteiger partial charge in [-0.15, -0.1) is 0 Å². The Kier molecular flexibility index (Phi) is 4.94. The van der Waals surface area contributed by atoms with Gasteiger partial charge in [0, 0.05) is 19.1 Å². The predicted molar refractivity (Wildman–Crippen MR) is 74.2 cm³/mol. The fourth-order valence-electron chi connectivity index (χ4n) is 1.72. The Labute approximate surface area is 105 Å². The van der Waals surface area contributed by atoms with Crippen molar-refractivity contribution in [3.63, 3.8) is 0 Å². The van der Waals surface area contributed by atoms with Crippen molar-refractivity contribution in [2.75, 3.05) is 11.9 Å². The maximum Gasteiger partial charge on any atom is 0.0572 e. The van der Waals surface area contributed by atoms with Gasteiger partial charge in [-0.3, -0.25) is 4.98 Å². The lowest BCUT2D eigenvalue weighted by Gasteiger charge is -2.29. The predicted octanol–water partition coefficient (Wildman–Crippen LogP) is 2.97. The monoisotopic (exact) mass is 235 g/mol. The highest BCUT2D eigenvalue weighted by Crippen LogP contribution is 2.20. The van der Waals surface area contributed by atoms with Crippen molar-refractivity contribution in [1.29, 1.82) is 0 Å². The summed E-state index contributed by atoms with van der Waals surface area (Å²) in [7, 11) is 2.11. The fourth-order valence-corrected chi connectivity index (χ4v) is 1.72. The highest BCUT2D eigenvalue weighted by Gasteiger charge is 2.14. The number of nitrogens with zero attached hydrogens (tertiary/aromatic N) is 2. The van der Waals surface area contributed by atoms with Crippen LogP contribution in [0.2, 0.25) is 0 Å². The lowest BCUT2D eigenvalue weighted by atomic mass is 10.0. The highest BCUT2D eigenvalue weighted by atomic mass is 15.1. The smallest absolute Gasteiger partial charge is 0.0572 e. The average molecular weight is 235 g/mol. The molecular weight excluding hydrogens is 210 g/mol. The molecule has 3 nitrogen and oxygen atoms in total. The van der Waals surface area contributed by atoms with Crippen molar-refractivity contribution in [2.45, 2.75) is 46.2 Å². The molecule has 0 aliphatic heterocycles. The number of rotatable bonds is 5. The molecule has 0 radical (unpaired) electrons. The topological polar surface area (TPSA) is 42.1 Å². The summed E-state index contributed by atoms with van der Waals surface area (Å²) in [6.07, 6.45) is 2.84. The van der Waals surface area contributed by atoms with E-state index in [2.05, 4.69) is 50.7 Å². The first-order valence-electron chi connectivity index (χ1n) is 6.41. The van der Waals surface area contributed by atoms with Gasteiger partial charge in [0.15, 0.2) is 0 Å². The third kappa shape index (κ3) is 3.43. The van der Waals surface area contributed by atoms with Crippen LogP contribution in [-0.2, 0) is 0 Å². The molecule has 1 rings (SSSR count). The number of nitrogens with two attached hydrogens (primary N) is 1. The zero-order valence-electron chi connectivity index (χ0n) is 11.6. The molecule has 1 aromatic heterocycles. The summed E-state index contributed by atoms with van der Waals surface area (Å²) < 4.78 is 0. The molecule has 1 aromatic rings. The molecule has 1 heterocycles. The Morgan fingerprint density at radius 1 is 1.29 bits per heavy atom. The minimum Gasteiger partial charge on any atom is -0.370 e. The zero-order chi connectivity index (χ0) is 13.0. The molecule has 0 amide bonds. The van der Waals surface area contributed by atoms with Gasteiger partial charge in [-0.25, -0.2) is 0 Å². The second kappa shape index (κ2) is 6.01. The number of hydrogen-bond acceptors (Lipinski definition) is 3. The van der Waals surface area contributed by atoms with Gasteiger partial charge < -0.3 is 10.6 Å². The third-order valence-corrected chi connectivity index (χ3v) is 3.57. The van der Waals surface area contributed by atoms with Gasteiger partial charge in [0.2, 0.25) is 0 Å². The summed E-state index contributed by atoms with van der Waals surface area (Å²) in [5.74, 6) is 0.623. The van der Waals surface area contributed by atoms with Gasteiger partial charge in [0.1, 0.15) is 0 Å². The van der Waals surface area contributed by atoms with Crippen LogP contribution in [0, 0.1) is 5.92 Å². The van der Waals surface area contributed by atoms with E-state index in [4.69, 9.17) is 5.73 Å². The van der Waals surface area contributed by atoms with Crippen molar-refractivity contribution in [2.24, 2.45) is 11.7 Å². The summed E-state index contributed by atoms with van der Waals surface area (Å²) in [6, 6.07) is 4.70. The van der Waals surface area contributed by atoms with Gasteiger partial charge in [-0.1, -0.05) is 20.8 Å². The maximum atomic E-state index is 5.95. The number of anilines is 1. The maximum absolute atomic E-state index is 5.95. The van der Waals surface area contributed by atoms with E-state index in [1.54, 1.807) is 0 Å². The Morgan fingerprint density at radius 2 is 1.94 bits per heavy atom. The van der Waals surface area contributed by atoms with E-state index >= 15 is 0 Å². The first-order valence-corrected chi connectivity index (χ1v) is 6.41. The second-order valence-electron chi connectivity index (χ2n) is 5.05. The third-order valence-electron chi connectivity index (χ3n) is 3.57. The van der Waals surface area contributed by atoms with Crippen LogP contribution in [-0.4, -0.2) is 18.1 Å². The zero-order valence-corrected chi connectivity index (χ0v) is 11.6. The van der Waals surface area contributed by atoms with E-state index in [9.17, 15) is 0 Å². The molecule has 0 aromatic carbocycles. The molecule has 0 aliphatic carbocycles. The van der Waals surface area contributed by atoms with E-state index in [1.165, 1.54) is 0 Å². The minimum absolute atomic E-state index is 0.0527. The van der Waals surface area contributed by atoms with Crippen LogP contribution in [0.4, 0.5) is 5.69 Å². The first-order chi connectivity index (χ1) is 7.97. The van der Waals surface area contributed by atoms with Gasteiger partial charge in [-0.2, -0.15) is 0 Å². The van der Waals surface area contributed by atoms with Crippen molar-refractivity contribution >= 4 is 5.69 Å². The Bertz CT molecular complexity index is 332. The summed E-state index contributed by atoms with van der Waals surface area (Å²) >= 11 is 0. The van der Waals surface area contributed by atoms with E-state index in [0.717, 1.165) is 17.8 Å². The van der Waals surface area contributed by atoms with Gasteiger partial charge >= 0.3 is 0 Å². The Hall–Kier alpha value is -1.09. The molecule has 0 aliphatic rings. The van der Waals surface area contributed by atoms with Crippen molar-refractivity contribution < 1.29 is 0 Å². The molecule has 1 unspecified atom stereocenters. The van der Waals surface area contributed by atoms with Crippen LogP contribution < -0.4 is 10.6 Å². The normalized spacial score (nSPS) is 14.8. The van der Waals surface area contributed by atoms with Crippen LogP contribution >= 0.6 is 0 Å². The SMILES string of the molecule is CC[C@@H](N)c1ccc(N(C)C(C)C(C)C)cn1. The van der Waals surface area contributed by atoms with Crippen molar-refractivity contribution in [3.05, 3.63) is 24.0 Å². The van der Waals surface area contributed by atoms with Gasteiger partial charge in [0.25, 0.3) is 0 Å². The van der Waals surface area contributed by atoms with Crippen LogP contribution in [0.15, 0.2) is 18.3 Å². The van der Waals surface area contributed by atoms with E-state index in [-0.39, 0.29) is 6.04 Å². The molecule has 0 fully saturated rings. The first kappa shape index (κ1) is 14.0. The highest BCUT2D eigenvalue weighted by molar-refractivity contribution is 5.45. The molecule has 2 N–H and O–H groups in total. The fraction of sp³-hybridized carbons (Fsp3) is 0.643. The summed E-state index contributed by atoms with van der Waals surface area (Å²) in [5, 5.41) is 0. The van der Waals surface area contributed by atoms with Crippen LogP contribution in [0.3, 0.4) is 0 Å². The number of pyridine rings is 1. The molecule has 96 valence electrons. The summed E-state index contributed by atoms with van der Waals surface area (Å²) in [5.41, 5.74) is 8.08. The molecule has 0 saturated carbocycles. The van der Waals surface area contributed by atoms with Crippen molar-refractivity contribution in [1.82, 2.24) is 4.98 Å². The largest absolute Gasteiger partial charge is 0.370 e. The Morgan fingerprint density at radius 3 is 2.35 bits per heavy atom. The van der Waals surface area contributed by atoms with Crippen LogP contribution in [0.25, 0.3) is 0 Å².